The SMILES string of the molecule is Cc1ccc(-c2nc3c(Cl)c(OC4CO[C@@H]5C(O)CO[C@H]45)[nH]c3cc2Cl)cc1. The second-order valence-electron chi connectivity index (χ2n) is 7.17. The van der Waals surface area contributed by atoms with Crippen molar-refractivity contribution in [3.05, 3.63) is 45.9 Å². The van der Waals surface area contributed by atoms with Crippen molar-refractivity contribution in [2.75, 3.05) is 13.2 Å². The Bertz CT molecular complexity index is 1040. The number of hydrogen-bond donors (Lipinski definition) is 2. The number of H-pyrrole nitrogens is 1. The van der Waals surface area contributed by atoms with E-state index in [0.717, 1.165) is 11.1 Å². The van der Waals surface area contributed by atoms with Crippen molar-refractivity contribution in [1.82, 2.24) is 9.97 Å². The first-order chi connectivity index (χ1) is 13.5. The summed E-state index contributed by atoms with van der Waals surface area (Å²) >= 11 is 13.0. The molecule has 2 aromatic heterocycles. The molecule has 0 spiro atoms. The quantitative estimate of drug-likeness (QED) is 0.674. The minimum Gasteiger partial charge on any atom is -0.469 e. The van der Waals surface area contributed by atoms with E-state index in [4.69, 9.17) is 37.4 Å². The lowest BCUT2D eigenvalue weighted by molar-refractivity contribution is 0.00796. The standard InChI is InChI=1S/C20H18Cl2N2O4/c1-9-2-4-10(5-3-9)16-11(21)6-12-17(24-16)15(22)20(23-12)28-14-8-27-18-13(25)7-26-19(14)18/h2-6,13-14,18-19,23,25H,7-8H2,1H3/t13?,14?,18-,19-/m1/s1. The number of rotatable bonds is 3. The zero-order chi connectivity index (χ0) is 19.4. The van der Waals surface area contributed by atoms with Crippen LogP contribution in [0.15, 0.2) is 30.3 Å². The fourth-order valence-electron chi connectivity index (χ4n) is 3.73. The Morgan fingerprint density at radius 2 is 1.89 bits per heavy atom. The highest BCUT2D eigenvalue weighted by Gasteiger charge is 2.48. The summed E-state index contributed by atoms with van der Waals surface area (Å²) in [5.41, 5.74) is 4.00. The lowest BCUT2D eigenvalue weighted by Crippen LogP contribution is -2.34. The van der Waals surface area contributed by atoms with E-state index in [1.165, 1.54) is 0 Å². The topological polar surface area (TPSA) is 76.6 Å². The molecule has 6 nitrogen and oxygen atoms in total. The van der Waals surface area contributed by atoms with Crippen LogP contribution in [0.4, 0.5) is 0 Å². The Morgan fingerprint density at radius 1 is 1.14 bits per heavy atom. The number of aliphatic hydroxyl groups is 1. The van der Waals surface area contributed by atoms with Crippen LogP contribution in [0.5, 0.6) is 5.88 Å². The van der Waals surface area contributed by atoms with Gasteiger partial charge in [-0.25, -0.2) is 4.98 Å². The molecule has 0 aliphatic carbocycles. The van der Waals surface area contributed by atoms with Crippen LogP contribution in [-0.4, -0.2) is 52.7 Å². The molecule has 2 fully saturated rings. The van der Waals surface area contributed by atoms with Gasteiger partial charge in [0.05, 0.1) is 29.4 Å². The average Bonchev–Trinajstić information content (AvgIpc) is 3.33. The molecule has 0 amide bonds. The highest BCUT2D eigenvalue weighted by atomic mass is 35.5. The number of aromatic amines is 1. The third-order valence-corrected chi connectivity index (χ3v) is 5.85. The van der Waals surface area contributed by atoms with Gasteiger partial charge in [0.15, 0.2) is 6.10 Å². The summed E-state index contributed by atoms with van der Waals surface area (Å²) in [4.78, 5) is 7.81. The number of aromatic nitrogens is 2. The summed E-state index contributed by atoms with van der Waals surface area (Å²) in [7, 11) is 0. The first kappa shape index (κ1) is 18.2. The van der Waals surface area contributed by atoms with Crippen LogP contribution in [0.2, 0.25) is 10.0 Å². The Morgan fingerprint density at radius 3 is 2.68 bits per heavy atom. The van der Waals surface area contributed by atoms with Crippen molar-refractivity contribution in [2.45, 2.75) is 31.3 Å². The van der Waals surface area contributed by atoms with Crippen LogP contribution in [0.25, 0.3) is 22.3 Å². The Hall–Kier alpha value is -1.83. The number of halogens is 2. The van der Waals surface area contributed by atoms with Gasteiger partial charge in [-0.15, -0.1) is 0 Å². The number of ether oxygens (including phenoxy) is 3. The third-order valence-electron chi connectivity index (χ3n) is 5.21. The van der Waals surface area contributed by atoms with E-state index in [1.807, 2.05) is 31.2 Å². The van der Waals surface area contributed by atoms with Gasteiger partial charge in [-0.3, -0.25) is 0 Å². The maximum Gasteiger partial charge on any atom is 0.213 e. The van der Waals surface area contributed by atoms with E-state index in [1.54, 1.807) is 6.07 Å². The maximum atomic E-state index is 9.87. The molecule has 0 bridgehead atoms. The fourth-order valence-corrected chi connectivity index (χ4v) is 4.22. The van der Waals surface area contributed by atoms with Crippen LogP contribution in [-0.2, 0) is 9.47 Å². The highest BCUT2D eigenvalue weighted by Crippen LogP contribution is 2.38. The smallest absolute Gasteiger partial charge is 0.213 e. The Labute approximate surface area is 171 Å². The normalized spacial score (nSPS) is 26.7. The van der Waals surface area contributed by atoms with Crippen molar-refractivity contribution in [2.24, 2.45) is 0 Å². The number of aryl methyl sites for hydroxylation is 1. The van der Waals surface area contributed by atoms with Crippen LogP contribution in [0.1, 0.15) is 5.56 Å². The molecular weight excluding hydrogens is 403 g/mol. The van der Waals surface area contributed by atoms with E-state index >= 15 is 0 Å². The second kappa shape index (κ2) is 6.90. The van der Waals surface area contributed by atoms with E-state index in [9.17, 15) is 5.11 Å². The van der Waals surface area contributed by atoms with Gasteiger partial charge in [-0.2, -0.15) is 0 Å². The molecule has 1 aromatic carbocycles. The van der Waals surface area contributed by atoms with E-state index in [-0.39, 0.29) is 24.9 Å². The van der Waals surface area contributed by atoms with Gasteiger partial charge in [0.2, 0.25) is 5.88 Å². The van der Waals surface area contributed by atoms with Crippen LogP contribution >= 0.6 is 23.2 Å². The van der Waals surface area contributed by atoms with E-state index in [0.29, 0.717) is 39.3 Å². The summed E-state index contributed by atoms with van der Waals surface area (Å²) in [6.45, 7) is 2.59. The number of pyridine rings is 1. The Balaban J connectivity index is 1.48. The van der Waals surface area contributed by atoms with Gasteiger partial charge in [-0.1, -0.05) is 53.0 Å². The molecule has 0 radical (unpaired) electrons. The molecule has 146 valence electrons. The molecule has 4 atom stereocenters. The molecular formula is C20H18Cl2N2O4. The van der Waals surface area contributed by atoms with Crippen molar-refractivity contribution in [3.63, 3.8) is 0 Å². The molecule has 28 heavy (non-hydrogen) atoms. The second-order valence-corrected chi connectivity index (χ2v) is 7.95. The summed E-state index contributed by atoms with van der Waals surface area (Å²) in [6.07, 6.45) is -1.68. The predicted molar refractivity (Wildman–Crippen MR) is 106 cm³/mol. The molecule has 8 heteroatoms. The van der Waals surface area contributed by atoms with Crippen molar-refractivity contribution in [1.29, 1.82) is 0 Å². The molecule has 3 aromatic rings. The fraction of sp³-hybridized carbons (Fsp3) is 0.350. The summed E-state index contributed by atoms with van der Waals surface area (Å²) in [6, 6.07) is 9.77. The van der Waals surface area contributed by atoms with Gasteiger partial charge >= 0.3 is 0 Å². The zero-order valence-electron chi connectivity index (χ0n) is 15.0. The maximum absolute atomic E-state index is 9.87. The number of hydrogen-bond acceptors (Lipinski definition) is 5. The number of benzene rings is 1. The van der Waals surface area contributed by atoms with Gasteiger partial charge in [-0.05, 0) is 13.0 Å². The number of nitrogens with zero attached hydrogens (tertiary/aromatic N) is 1. The molecule has 5 rings (SSSR count). The van der Waals surface area contributed by atoms with Crippen molar-refractivity contribution < 1.29 is 19.3 Å². The molecule has 2 unspecified atom stereocenters. The monoisotopic (exact) mass is 420 g/mol. The predicted octanol–water partition coefficient (Wildman–Crippen LogP) is 3.75. The molecule has 4 heterocycles. The van der Waals surface area contributed by atoms with Gasteiger partial charge in [0, 0.05) is 5.56 Å². The lowest BCUT2D eigenvalue weighted by Gasteiger charge is -2.16. The van der Waals surface area contributed by atoms with Crippen molar-refractivity contribution in [3.8, 4) is 17.1 Å². The largest absolute Gasteiger partial charge is 0.469 e. The first-order valence-electron chi connectivity index (χ1n) is 9.04. The highest BCUT2D eigenvalue weighted by molar-refractivity contribution is 6.37. The van der Waals surface area contributed by atoms with Gasteiger partial charge in [0.25, 0.3) is 0 Å². The molecule has 2 aliphatic rings. The first-order valence-corrected chi connectivity index (χ1v) is 9.79. The molecule has 2 saturated heterocycles. The summed E-state index contributed by atoms with van der Waals surface area (Å²) in [5.74, 6) is 0.389. The number of aliphatic hydroxyl groups excluding tert-OH is 1. The van der Waals surface area contributed by atoms with Gasteiger partial charge in [0.1, 0.15) is 28.9 Å². The minimum absolute atomic E-state index is 0.243. The van der Waals surface area contributed by atoms with E-state index < -0.39 is 6.10 Å². The third kappa shape index (κ3) is 2.96. The zero-order valence-corrected chi connectivity index (χ0v) is 16.5. The Kier molecular flexibility index (Phi) is 4.49. The average molecular weight is 421 g/mol. The molecule has 2 N–H and O–H groups in total. The van der Waals surface area contributed by atoms with Gasteiger partial charge < -0.3 is 24.3 Å². The lowest BCUT2D eigenvalue weighted by atomic mass is 10.1. The molecule has 2 aliphatic heterocycles. The summed E-state index contributed by atoms with van der Waals surface area (Å²) in [5, 5.41) is 10.8. The van der Waals surface area contributed by atoms with Crippen LogP contribution in [0.3, 0.4) is 0 Å². The number of fused-ring (bicyclic) bond motifs is 2. The van der Waals surface area contributed by atoms with Crippen LogP contribution in [0, 0.1) is 6.92 Å². The van der Waals surface area contributed by atoms with Crippen molar-refractivity contribution >= 4 is 34.2 Å². The van der Waals surface area contributed by atoms with E-state index in [2.05, 4.69) is 9.97 Å². The minimum atomic E-state index is -0.630. The molecule has 0 saturated carbocycles. The number of nitrogens with one attached hydrogen (secondary N) is 1. The summed E-state index contributed by atoms with van der Waals surface area (Å²) < 4.78 is 17.2. The van der Waals surface area contributed by atoms with Crippen LogP contribution < -0.4 is 4.74 Å².